The molecule has 0 radical (unpaired) electrons. The highest BCUT2D eigenvalue weighted by atomic mass is 32.2. The van der Waals surface area contributed by atoms with Crippen molar-refractivity contribution < 1.29 is 18.0 Å². The lowest BCUT2D eigenvalue weighted by molar-refractivity contribution is -0.117. The molecule has 7 nitrogen and oxygen atoms in total. The van der Waals surface area contributed by atoms with E-state index in [1.54, 1.807) is 23.1 Å². The molecule has 0 unspecified atom stereocenters. The molecular formula is C22H27N3O4S. The van der Waals surface area contributed by atoms with Crippen LogP contribution in [-0.2, 0) is 19.6 Å². The predicted molar refractivity (Wildman–Crippen MR) is 119 cm³/mol. The van der Waals surface area contributed by atoms with Crippen molar-refractivity contribution in [1.82, 2.24) is 0 Å². The normalized spacial score (nSPS) is 14.1. The van der Waals surface area contributed by atoms with Crippen molar-refractivity contribution in [2.24, 2.45) is 0 Å². The van der Waals surface area contributed by atoms with Crippen molar-refractivity contribution in [2.45, 2.75) is 32.6 Å². The number of nitrogens with one attached hydrogen (secondary N) is 1. The van der Waals surface area contributed by atoms with Gasteiger partial charge < -0.3 is 10.2 Å². The molecular weight excluding hydrogens is 402 g/mol. The Morgan fingerprint density at radius 2 is 1.90 bits per heavy atom. The van der Waals surface area contributed by atoms with Gasteiger partial charge in [-0.1, -0.05) is 12.1 Å². The third-order valence-electron chi connectivity index (χ3n) is 4.99. The molecule has 0 saturated carbocycles. The number of aryl methyl sites for hydroxylation is 1. The zero-order valence-electron chi connectivity index (χ0n) is 17.3. The molecule has 0 spiro atoms. The number of carbonyl (C=O) groups excluding carboxylic acids is 2. The van der Waals surface area contributed by atoms with Gasteiger partial charge in [0.25, 0.3) is 0 Å². The van der Waals surface area contributed by atoms with Crippen LogP contribution in [0.25, 0.3) is 0 Å². The summed E-state index contributed by atoms with van der Waals surface area (Å²) < 4.78 is 25.7. The quantitative estimate of drug-likeness (QED) is 0.697. The van der Waals surface area contributed by atoms with Crippen LogP contribution in [0.3, 0.4) is 0 Å². The number of amides is 2. The minimum absolute atomic E-state index is 0.121. The van der Waals surface area contributed by atoms with Gasteiger partial charge in [0.2, 0.25) is 21.8 Å². The van der Waals surface area contributed by atoms with Crippen LogP contribution in [0.15, 0.2) is 48.5 Å². The van der Waals surface area contributed by atoms with Gasteiger partial charge in [0.15, 0.2) is 0 Å². The summed E-state index contributed by atoms with van der Waals surface area (Å²) in [6.07, 6.45) is 3.20. The smallest absolute Gasteiger partial charge is 0.232 e. The molecule has 2 amide bonds. The fourth-order valence-electron chi connectivity index (χ4n) is 3.52. The molecule has 0 atom stereocenters. The monoisotopic (exact) mass is 429 g/mol. The first-order chi connectivity index (χ1) is 14.2. The Morgan fingerprint density at radius 1 is 1.17 bits per heavy atom. The predicted octanol–water partition coefficient (Wildman–Crippen LogP) is 3.31. The van der Waals surface area contributed by atoms with Gasteiger partial charge in [0.1, 0.15) is 0 Å². The third-order valence-corrected chi connectivity index (χ3v) is 6.19. The molecule has 0 aliphatic carbocycles. The van der Waals surface area contributed by atoms with Crippen LogP contribution >= 0.6 is 0 Å². The molecule has 1 N–H and O–H groups in total. The Hall–Kier alpha value is -2.87. The molecule has 1 heterocycles. The van der Waals surface area contributed by atoms with E-state index in [0.29, 0.717) is 24.2 Å². The summed E-state index contributed by atoms with van der Waals surface area (Å²) in [6, 6.07) is 14.5. The summed E-state index contributed by atoms with van der Waals surface area (Å²) in [6.45, 7) is 2.86. The maximum absolute atomic E-state index is 12.3. The topological polar surface area (TPSA) is 86.8 Å². The average molecular weight is 430 g/mol. The lowest BCUT2D eigenvalue weighted by Gasteiger charge is -2.22. The number of benzene rings is 2. The van der Waals surface area contributed by atoms with Gasteiger partial charge in [-0.3, -0.25) is 13.9 Å². The largest absolute Gasteiger partial charge is 0.326 e. The minimum Gasteiger partial charge on any atom is -0.326 e. The molecule has 160 valence electrons. The molecule has 1 fully saturated rings. The molecule has 0 aromatic heterocycles. The van der Waals surface area contributed by atoms with E-state index in [4.69, 9.17) is 0 Å². The fourth-order valence-corrected chi connectivity index (χ4v) is 4.48. The Labute approximate surface area is 177 Å². The fraction of sp³-hybridized carbons (Fsp3) is 0.364. The van der Waals surface area contributed by atoms with Crippen molar-refractivity contribution in [3.63, 3.8) is 0 Å². The summed E-state index contributed by atoms with van der Waals surface area (Å²) >= 11 is 0. The Bertz CT molecular complexity index is 1020. The van der Waals surface area contributed by atoms with Crippen molar-refractivity contribution in [3.05, 3.63) is 54.1 Å². The molecule has 2 aromatic rings. The molecule has 1 aliphatic rings. The maximum atomic E-state index is 12.3. The van der Waals surface area contributed by atoms with E-state index in [9.17, 15) is 18.0 Å². The summed E-state index contributed by atoms with van der Waals surface area (Å²) in [4.78, 5) is 25.8. The van der Waals surface area contributed by atoms with E-state index < -0.39 is 10.0 Å². The van der Waals surface area contributed by atoms with Gasteiger partial charge in [0, 0.05) is 37.3 Å². The standard InChI is InChI=1S/C22H27N3O4S/c1-17-6-3-7-20(16-17)25(30(2,28)29)15-4-8-21(26)23-18-10-12-19(13-11-18)24-14-5-9-22(24)27/h3,6-7,10-13,16H,4-5,8-9,14-15H2,1-2H3,(H,23,26). The molecule has 0 bridgehead atoms. The van der Waals surface area contributed by atoms with Crippen LogP contribution in [-0.4, -0.2) is 39.6 Å². The van der Waals surface area contributed by atoms with Crippen LogP contribution in [0.1, 0.15) is 31.2 Å². The molecule has 30 heavy (non-hydrogen) atoms. The third kappa shape index (κ3) is 5.60. The zero-order valence-corrected chi connectivity index (χ0v) is 18.1. The number of hydrogen-bond donors (Lipinski definition) is 1. The number of nitrogens with zero attached hydrogens (tertiary/aromatic N) is 2. The maximum Gasteiger partial charge on any atom is 0.232 e. The number of hydrogen-bond acceptors (Lipinski definition) is 4. The van der Waals surface area contributed by atoms with Gasteiger partial charge in [0.05, 0.1) is 11.9 Å². The van der Waals surface area contributed by atoms with Crippen LogP contribution < -0.4 is 14.5 Å². The van der Waals surface area contributed by atoms with E-state index in [-0.39, 0.29) is 24.8 Å². The number of sulfonamides is 1. The van der Waals surface area contributed by atoms with Gasteiger partial charge in [-0.25, -0.2) is 8.42 Å². The van der Waals surface area contributed by atoms with Crippen LogP contribution in [0.5, 0.6) is 0 Å². The highest BCUT2D eigenvalue weighted by Crippen LogP contribution is 2.23. The molecule has 1 saturated heterocycles. The summed E-state index contributed by atoms with van der Waals surface area (Å²) in [5, 5.41) is 2.82. The van der Waals surface area contributed by atoms with Gasteiger partial charge in [-0.05, 0) is 61.7 Å². The van der Waals surface area contributed by atoms with Crippen molar-refractivity contribution in [1.29, 1.82) is 0 Å². The van der Waals surface area contributed by atoms with Crippen LogP contribution in [0.4, 0.5) is 17.1 Å². The van der Waals surface area contributed by atoms with E-state index in [1.165, 1.54) is 10.6 Å². The summed E-state index contributed by atoms with van der Waals surface area (Å²) in [5.41, 5.74) is 3.05. The number of carbonyl (C=O) groups is 2. The van der Waals surface area contributed by atoms with E-state index in [2.05, 4.69) is 5.32 Å². The zero-order chi connectivity index (χ0) is 21.7. The Balaban J connectivity index is 1.54. The average Bonchev–Trinajstić information content (AvgIpc) is 3.11. The number of rotatable bonds is 8. The molecule has 1 aliphatic heterocycles. The first-order valence-electron chi connectivity index (χ1n) is 9.99. The van der Waals surface area contributed by atoms with E-state index >= 15 is 0 Å². The first kappa shape index (κ1) is 21.8. The summed E-state index contributed by atoms with van der Waals surface area (Å²) in [7, 11) is -3.44. The van der Waals surface area contributed by atoms with Crippen molar-refractivity contribution >= 4 is 38.9 Å². The Morgan fingerprint density at radius 3 is 2.50 bits per heavy atom. The van der Waals surface area contributed by atoms with E-state index in [1.807, 2.05) is 37.3 Å². The van der Waals surface area contributed by atoms with Gasteiger partial charge >= 0.3 is 0 Å². The van der Waals surface area contributed by atoms with Crippen molar-refractivity contribution in [3.8, 4) is 0 Å². The van der Waals surface area contributed by atoms with Crippen molar-refractivity contribution in [2.75, 3.05) is 33.9 Å². The van der Waals surface area contributed by atoms with Crippen LogP contribution in [0.2, 0.25) is 0 Å². The molecule has 8 heteroatoms. The van der Waals surface area contributed by atoms with Crippen LogP contribution in [0, 0.1) is 6.92 Å². The second-order valence-corrected chi connectivity index (χ2v) is 9.43. The Kier molecular flexibility index (Phi) is 6.77. The van der Waals surface area contributed by atoms with Gasteiger partial charge in [-0.2, -0.15) is 0 Å². The number of anilines is 3. The highest BCUT2D eigenvalue weighted by molar-refractivity contribution is 7.92. The lowest BCUT2D eigenvalue weighted by atomic mass is 10.2. The minimum atomic E-state index is -3.44. The molecule has 2 aromatic carbocycles. The second-order valence-electron chi connectivity index (χ2n) is 7.52. The van der Waals surface area contributed by atoms with E-state index in [0.717, 1.165) is 24.2 Å². The SMILES string of the molecule is Cc1cccc(N(CCCC(=O)Nc2ccc(N3CCCC3=O)cc2)S(C)(=O)=O)c1. The van der Waals surface area contributed by atoms with Gasteiger partial charge in [-0.15, -0.1) is 0 Å². The molecule has 3 rings (SSSR count). The lowest BCUT2D eigenvalue weighted by Crippen LogP contribution is -2.31. The first-order valence-corrected chi connectivity index (χ1v) is 11.8. The highest BCUT2D eigenvalue weighted by Gasteiger charge is 2.21. The second kappa shape index (κ2) is 9.30. The summed E-state index contributed by atoms with van der Waals surface area (Å²) in [5.74, 6) is -0.0616.